The number of hydrogen-bond donors (Lipinski definition) is 1. The summed E-state index contributed by atoms with van der Waals surface area (Å²) in [5.74, 6) is 1.23. The molecule has 2 atom stereocenters. The first-order chi connectivity index (χ1) is 9.83. The van der Waals surface area contributed by atoms with E-state index < -0.39 is 30.6 Å². The second-order valence-corrected chi connectivity index (χ2v) is 12.9. The SMILES string of the molecule is C#C[C@@](CO[Si](C)(C)C(C)(C)C)(NC(=O)C(C)Br)C(=O)OC. The molecule has 0 aromatic heterocycles. The molecular formula is C15H26BrNO4Si. The minimum absolute atomic E-state index is 0.0455. The summed E-state index contributed by atoms with van der Waals surface area (Å²) >= 11 is 3.15. The van der Waals surface area contributed by atoms with Crippen LogP contribution in [0.5, 0.6) is 0 Å². The molecule has 0 aromatic carbocycles. The van der Waals surface area contributed by atoms with Crippen molar-refractivity contribution in [3.63, 3.8) is 0 Å². The van der Waals surface area contributed by atoms with E-state index in [0.29, 0.717) is 0 Å². The summed E-state index contributed by atoms with van der Waals surface area (Å²) in [6.07, 6.45) is 5.53. The zero-order chi connectivity index (χ0) is 17.8. The molecule has 0 rings (SSSR count). The van der Waals surface area contributed by atoms with E-state index in [-0.39, 0.29) is 11.6 Å². The van der Waals surface area contributed by atoms with Gasteiger partial charge in [-0.15, -0.1) is 6.42 Å². The Balaban J connectivity index is 5.41. The van der Waals surface area contributed by atoms with E-state index >= 15 is 0 Å². The van der Waals surface area contributed by atoms with Gasteiger partial charge in [-0.25, -0.2) is 4.79 Å². The van der Waals surface area contributed by atoms with Crippen LogP contribution in [0, 0.1) is 12.3 Å². The first-order valence-electron chi connectivity index (χ1n) is 6.99. The molecular weight excluding hydrogens is 366 g/mol. The van der Waals surface area contributed by atoms with Crippen molar-refractivity contribution >= 4 is 36.1 Å². The van der Waals surface area contributed by atoms with Crippen LogP contribution >= 0.6 is 15.9 Å². The second kappa shape index (κ2) is 7.62. The summed E-state index contributed by atoms with van der Waals surface area (Å²) in [7, 11) is -0.907. The largest absolute Gasteiger partial charge is 0.466 e. The number of alkyl halides is 1. The number of amides is 1. The third-order valence-electron chi connectivity index (χ3n) is 3.93. The molecule has 1 N–H and O–H groups in total. The van der Waals surface area contributed by atoms with Crippen LogP contribution in [0.1, 0.15) is 27.7 Å². The zero-order valence-electron chi connectivity index (χ0n) is 14.4. The van der Waals surface area contributed by atoms with Gasteiger partial charge in [0.15, 0.2) is 8.32 Å². The summed E-state index contributed by atoms with van der Waals surface area (Å²) in [5.41, 5.74) is -1.62. The molecule has 1 unspecified atom stereocenters. The Bertz CT molecular complexity index is 465. The number of carbonyl (C=O) groups is 2. The normalized spacial score (nSPS) is 16.1. The molecule has 0 saturated heterocycles. The van der Waals surface area contributed by atoms with Crippen molar-refractivity contribution in [1.29, 1.82) is 0 Å². The smallest absolute Gasteiger partial charge is 0.346 e. The number of methoxy groups -OCH3 is 1. The van der Waals surface area contributed by atoms with Crippen LogP contribution in [-0.4, -0.2) is 44.3 Å². The standard InChI is InChI=1S/C15H26BrNO4Si/c1-9-15(13(19)20-6,17-12(18)11(2)16)10-21-22(7,8)14(3,4)5/h1,11H,10H2,2-8H3,(H,17,18)/t11?,15-/m0/s1. The topological polar surface area (TPSA) is 64.6 Å². The summed E-state index contributed by atoms with van der Waals surface area (Å²) in [5, 5.41) is 2.51. The van der Waals surface area contributed by atoms with E-state index in [4.69, 9.17) is 15.6 Å². The maximum atomic E-state index is 12.1. The average molecular weight is 392 g/mol. The van der Waals surface area contributed by atoms with Gasteiger partial charge in [0.25, 0.3) is 0 Å². The van der Waals surface area contributed by atoms with Gasteiger partial charge in [0.05, 0.1) is 18.5 Å². The molecule has 0 aliphatic heterocycles. The van der Waals surface area contributed by atoms with E-state index in [0.717, 1.165) is 0 Å². The van der Waals surface area contributed by atoms with Crippen LogP contribution in [0.15, 0.2) is 0 Å². The van der Waals surface area contributed by atoms with Crippen LogP contribution in [0.4, 0.5) is 0 Å². The van der Waals surface area contributed by atoms with Crippen molar-refractivity contribution in [2.24, 2.45) is 0 Å². The maximum Gasteiger partial charge on any atom is 0.346 e. The molecule has 22 heavy (non-hydrogen) atoms. The molecule has 7 heteroatoms. The van der Waals surface area contributed by atoms with Gasteiger partial charge in [-0.2, -0.15) is 0 Å². The number of esters is 1. The van der Waals surface area contributed by atoms with E-state index in [1.807, 2.05) is 13.1 Å². The second-order valence-electron chi connectivity index (χ2n) is 6.70. The lowest BCUT2D eigenvalue weighted by atomic mass is 10.0. The summed E-state index contributed by atoms with van der Waals surface area (Å²) in [4.78, 5) is 23.6. The van der Waals surface area contributed by atoms with Crippen molar-refractivity contribution < 1.29 is 18.8 Å². The zero-order valence-corrected chi connectivity index (χ0v) is 17.0. The lowest BCUT2D eigenvalue weighted by molar-refractivity contribution is -0.149. The number of carbonyl (C=O) groups excluding carboxylic acids is 2. The van der Waals surface area contributed by atoms with Crippen molar-refractivity contribution in [2.75, 3.05) is 13.7 Å². The number of ether oxygens (including phenoxy) is 1. The summed E-state index contributed by atoms with van der Waals surface area (Å²) in [6, 6.07) is 0. The molecule has 0 aliphatic rings. The van der Waals surface area contributed by atoms with Gasteiger partial charge in [-0.3, -0.25) is 4.79 Å². The fraction of sp³-hybridized carbons (Fsp3) is 0.733. The Hall–Kier alpha value is -0.843. The van der Waals surface area contributed by atoms with E-state index in [1.165, 1.54) is 7.11 Å². The lowest BCUT2D eigenvalue weighted by Gasteiger charge is -2.38. The Morgan fingerprint density at radius 2 is 1.86 bits per heavy atom. The van der Waals surface area contributed by atoms with Crippen LogP contribution < -0.4 is 5.32 Å². The molecule has 0 heterocycles. The predicted octanol–water partition coefficient (Wildman–Crippen LogP) is 2.45. The number of halogens is 1. The molecule has 0 radical (unpaired) electrons. The van der Waals surface area contributed by atoms with Gasteiger partial charge in [0.1, 0.15) is 0 Å². The Kier molecular flexibility index (Phi) is 7.33. The van der Waals surface area contributed by atoms with Crippen LogP contribution in [0.2, 0.25) is 18.1 Å². The summed E-state index contributed by atoms with van der Waals surface area (Å²) in [6.45, 7) is 11.8. The fourth-order valence-corrected chi connectivity index (χ4v) is 2.40. The molecule has 0 spiro atoms. The molecule has 0 fully saturated rings. The van der Waals surface area contributed by atoms with Crippen molar-refractivity contribution in [1.82, 2.24) is 5.32 Å². The average Bonchev–Trinajstić information content (AvgIpc) is 2.40. The highest BCUT2D eigenvalue weighted by Crippen LogP contribution is 2.37. The quantitative estimate of drug-likeness (QED) is 0.326. The van der Waals surface area contributed by atoms with Crippen LogP contribution in [0.25, 0.3) is 0 Å². The van der Waals surface area contributed by atoms with Crippen LogP contribution in [0.3, 0.4) is 0 Å². The van der Waals surface area contributed by atoms with Gasteiger partial charge < -0.3 is 14.5 Å². The molecule has 0 bridgehead atoms. The van der Waals surface area contributed by atoms with Crippen LogP contribution in [-0.2, 0) is 18.8 Å². The molecule has 0 aliphatic carbocycles. The third-order valence-corrected chi connectivity index (χ3v) is 8.83. The Morgan fingerprint density at radius 3 is 2.18 bits per heavy atom. The van der Waals surface area contributed by atoms with Gasteiger partial charge in [0, 0.05) is 0 Å². The summed E-state index contributed by atoms with van der Waals surface area (Å²) < 4.78 is 10.8. The van der Waals surface area contributed by atoms with Crippen molar-refractivity contribution in [3.8, 4) is 12.3 Å². The number of rotatable bonds is 6. The molecule has 126 valence electrons. The third kappa shape index (κ3) is 5.11. The van der Waals surface area contributed by atoms with E-state index in [9.17, 15) is 9.59 Å². The number of terminal acetylenes is 1. The monoisotopic (exact) mass is 391 g/mol. The Morgan fingerprint density at radius 1 is 1.36 bits per heavy atom. The first-order valence-corrected chi connectivity index (χ1v) is 10.8. The highest BCUT2D eigenvalue weighted by molar-refractivity contribution is 9.10. The maximum absolute atomic E-state index is 12.1. The minimum Gasteiger partial charge on any atom is -0.466 e. The highest BCUT2D eigenvalue weighted by atomic mass is 79.9. The first kappa shape index (κ1) is 21.2. The lowest BCUT2D eigenvalue weighted by Crippen LogP contribution is -2.60. The van der Waals surface area contributed by atoms with Crippen molar-refractivity contribution in [3.05, 3.63) is 0 Å². The van der Waals surface area contributed by atoms with E-state index in [2.05, 4.69) is 47.9 Å². The number of nitrogens with one attached hydrogen (secondary N) is 1. The van der Waals surface area contributed by atoms with Gasteiger partial charge in [0.2, 0.25) is 11.4 Å². The molecule has 0 aromatic rings. The highest BCUT2D eigenvalue weighted by Gasteiger charge is 2.45. The molecule has 1 amide bonds. The molecule has 0 saturated carbocycles. The number of hydrogen-bond acceptors (Lipinski definition) is 4. The van der Waals surface area contributed by atoms with Crippen molar-refractivity contribution in [2.45, 2.75) is 56.2 Å². The fourth-order valence-electron chi connectivity index (χ4n) is 1.27. The van der Waals surface area contributed by atoms with E-state index in [1.54, 1.807) is 6.92 Å². The van der Waals surface area contributed by atoms with Gasteiger partial charge in [-0.1, -0.05) is 42.6 Å². The van der Waals surface area contributed by atoms with Gasteiger partial charge in [-0.05, 0) is 25.1 Å². The Labute approximate surface area is 142 Å². The molecule has 5 nitrogen and oxygen atoms in total. The predicted molar refractivity (Wildman–Crippen MR) is 93.3 cm³/mol. The minimum atomic E-state index is -2.13. The van der Waals surface area contributed by atoms with Gasteiger partial charge >= 0.3 is 5.97 Å².